The highest BCUT2D eigenvalue weighted by Crippen LogP contribution is 2.26. The number of rotatable bonds is 3. The van der Waals surface area contributed by atoms with Gasteiger partial charge in [0.1, 0.15) is 5.75 Å². The van der Waals surface area contributed by atoms with Crippen LogP contribution in [0.5, 0.6) is 5.75 Å². The predicted molar refractivity (Wildman–Crippen MR) is 84.8 cm³/mol. The Bertz CT molecular complexity index is 563. The number of benzene rings is 1. The highest BCUT2D eigenvalue weighted by atomic mass is 16.5. The van der Waals surface area contributed by atoms with Crippen LogP contribution in [-0.4, -0.2) is 42.5 Å². The van der Waals surface area contributed by atoms with E-state index >= 15 is 0 Å². The largest absolute Gasteiger partial charge is 0.481 e. The number of carbonyl (C=O) groups is 2. The van der Waals surface area contributed by atoms with Crippen LogP contribution in [0.4, 0.5) is 0 Å². The number of hydrogen-bond donors (Lipinski definition) is 1. The smallest absolute Gasteiger partial charge is 0.263 e. The second-order valence-corrected chi connectivity index (χ2v) is 6.65. The van der Waals surface area contributed by atoms with Gasteiger partial charge in [0, 0.05) is 13.1 Å². The molecule has 2 rings (SSSR count). The van der Waals surface area contributed by atoms with Gasteiger partial charge in [-0.2, -0.15) is 0 Å². The van der Waals surface area contributed by atoms with Gasteiger partial charge in [0.2, 0.25) is 5.91 Å². The predicted octanol–water partition coefficient (Wildman–Crippen LogP) is 1.71. The van der Waals surface area contributed by atoms with E-state index < -0.39 is 6.10 Å². The van der Waals surface area contributed by atoms with Crippen molar-refractivity contribution in [2.24, 2.45) is 0 Å². The number of ether oxygens (including phenoxy) is 1. The third kappa shape index (κ3) is 4.00. The zero-order chi connectivity index (χ0) is 16.3. The fourth-order valence-corrected chi connectivity index (χ4v) is 2.37. The fourth-order valence-electron chi connectivity index (χ4n) is 2.37. The minimum atomic E-state index is -0.610. The molecule has 5 nitrogen and oxygen atoms in total. The zero-order valence-corrected chi connectivity index (χ0v) is 13.7. The lowest BCUT2D eigenvalue weighted by Gasteiger charge is -2.29. The Morgan fingerprint density at radius 3 is 2.73 bits per heavy atom. The lowest BCUT2D eigenvalue weighted by Crippen LogP contribution is -2.53. The highest BCUT2D eigenvalue weighted by molar-refractivity contribution is 5.88. The van der Waals surface area contributed by atoms with Gasteiger partial charge < -0.3 is 15.0 Å². The van der Waals surface area contributed by atoms with Crippen LogP contribution >= 0.6 is 0 Å². The van der Waals surface area contributed by atoms with Gasteiger partial charge in [-0.1, -0.05) is 32.9 Å². The first-order valence-electron chi connectivity index (χ1n) is 7.60. The maximum absolute atomic E-state index is 12.4. The molecule has 0 bridgehead atoms. The van der Waals surface area contributed by atoms with Crippen molar-refractivity contribution < 1.29 is 14.3 Å². The van der Waals surface area contributed by atoms with E-state index in [9.17, 15) is 9.59 Å². The van der Waals surface area contributed by atoms with Crippen molar-refractivity contribution in [3.8, 4) is 5.75 Å². The SMILES string of the molecule is C[C@H](Oc1cccc(C(C)(C)C)c1)C(=O)N1CCNC(=O)C1. The van der Waals surface area contributed by atoms with Crippen molar-refractivity contribution in [1.82, 2.24) is 10.2 Å². The second kappa shape index (κ2) is 6.38. The first-order valence-corrected chi connectivity index (χ1v) is 7.60. The molecule has 0 unspecified atom stereocenters. The molecule has 1 fully saturated rings. The first kappa shape index (κ1) is 16.3. The standard InChI is InChI=1S/C17H24N2O3/c1-12(16(21)19-9-8-18-15(20)11-19)22-14-7-5-6-13(10-14)17(2,3)4/h5-7,10,12H,8-9,11H2,1-4H3,(H,18,20)/t12-/m0/s1. The summed E-state index contributed by atoms with van der Waals surface area (Å²) in [4.78, 5) is 25.3. The summed E-state index contributed by atoms with van der Waals surface area (Å²) in [6.45, 7) is 9.25. The molecule has 1 aliphatic heterocycles. The first-order chi connectivity index (χ1) is 10.3. The van der Waals surface area contributed by atoms with E-state index in [1.807, 2.05) is 24.3 Å². The fraction of sp³-hybridized carbons (Fsp3) is 0.529. The average Bonchev–Trinajstić information content (AvgIpc) is 2.46. The van der Waals surface area contributed by atoms with Gasteiger partial charge in [0.25, 0.3) is 5.91 Å². The van der Waals surface area contributed by atoms with Crippen LogP contribution in [0.1, 0.15) is 33.3 Å². The molecule has 0 aromatic heterocycles. The molecule has 120 valence electrons. The minimum absolute atomic E-state index is 0.0254. The van der Waals surface area contributed by atoms with Gasteiger partial charge in [-0.25, -0.2) is 0 Å². The van der Waals surface area contributed by atoms with Crippen molar-refractivity contribution in [2.45, 2.75) is 39.2 Å². The van der Waals surface area contributed by atoms with Gasteiger partial charge in [-0.3, -0.25) is 9.59 Å². The summed E-state index contributed by atoms with van der Waals surface area (Å²) in [6.07, 6.45) is -0.610. The molecule has 0 spiro atoms. The van der Waals surface area contributed by atoms with Crippen molar-refractivity contribution in [1.29, 1.82) is 0 Å². The summed E-state index contributed by atoms with van der Waals surface area (Å²) in [5.74, 6) is 0.396. The van der Waals surface area contributed by atoms with Crippen molar-refractivity contribution in [3.05, 3.63) is 29.8 Å². The van der Waals surface area contributed by atoms with Crippen molar-refractivity contribution in [2.75, 3.05) is 19.6 Å². The highest BCUT2D eigenvalue weighted by Gasteiger charge is 2.26. The topological polar surface area (TPSA) is 58.6 Å². The number of nitrogens with one attached hydrogen (secondary N) is 1. The van der Waals surface area contributed by atoms with E-state index in [1.165, 1.54) is 4.90 Å². The van der Waals surface area contributed by atoms with E-state index in [1.54, 1.807) is 6.92 Å². The summed E-state index contributed by atoms with van der Waals surface area (Å²) < 4.78 is 5.78. The molecule has 22 heavy (non-hydrogen) atoms. The van der Waals surface area contributed by atoms with Crippen LogP contribution in [0.15, 0.2) is 24.3 Å². The lowest BCUT2D eigenvalue weighted by molar-refractivity contribution is -0.143. The van der Waals surface area contributed by atoms with E-state index in [2.05, 4.69) is 26.1 Å². The molecule has 1 N–H and O–H groups in total. The van der Waals surface area contributed by atoms with Crippen molar-refractivity contribution in [3.63, 3.8) is 0 Å². The minimum Gasteiger partial charge on any atom is -0.481 e. The number of nitrogens with zero attached hydrogens (tertiary/aromatic N) is 1. The molecule has 1 aromatic carbocycles. The maximum Gasteiger partial charge on any atom is 0.263 e. The Hall–Kier alpha value is -2.04. The summed E-state index contributed by atoms with van der Waals surface area (Å²) in [5.41, 5.74) is 1.18. The molecule has 0 saturated carbocycles. The average molecular weight is 304 g/mol. The Kier molecular flexibility index (Phi) is 4.74. The molecule has 2 amide bonds. The van der Waals surface area contributed by atoms with Crippen LogP contribution < -0.4 is 10.1 Å². The van der Waals surface area contributed by atoms with Crippen molar-refractivity contribution >= 4 is 11.8 Å². The van der Waals surface area contributed by atoms with Crippen LogP contribution in [0, 0.1) is 0 Å². The van der Waals surface area contributed by atoms with E-state index in [-0.39, 0.29) is 23.8 Å². The van der Waals surface area contributed by atoms with E-state index in [0.717, 1.165) is 5.56 Å². The van der Waals surface area contributed by atoms with Crippen LogP contribution in [-0.2, 0) is 15.0 Å². The molecule has 1 saturated heterocycles. The van der Waals surface area contributed by atoms with E-state index in [4.69, 9.17) is 4.74 Å². The quantitative estimate of drug-likeness (QED) is 0.925. The molecule has 1 atom stereocenters. The van der Waals surface area contributed by atoms with Crippen LogP contribution in [0.2, 0.25) is 0 Å². The van der Waals surface area contributed by atoms with Gasteiger partial charge in [-0.15, -0.1) is 0 Å². The molecular formula is C17H24N2O3. The molecular weight excluding hydrogens is 280 g/mol. The molecule has 1 aromatic rings. The van der Waals surface area contributed by atoms with Gasteiger partial charge in [0.05, 0.1) is 6.54 Å². The summed E-state index contributed by atoms with van der Waals surface area (Å²) in [7, 11) is 0. The molecule has 0 radical (unpaired) electrons. The van der Waals surface area contributed by atoms with Gasteiger partial charge in [-0.05, 0) is 30.0 Å². The van der Waals surface area contributed by atoms with Crippen LogP contribution in [0.3, 0.4) is 0 Å². The molecule has 5 heteroatoms. The summed E-state index contributed by atoms with van der Waals surface area (Å²) in [5, 5.41) is 2.71. The van der Waals surface area contributed by atoms with Gasteiger partial charge >= 0.3 is 0 Å². The Labute approximate surface area is 131 Å². The Morgan fingerprint density at radius 2 is 2.09 bits per heavy atom. The maximum atomic E-state index is 12.4. The van der Waals surface area contributed by atoms with Gasteiger partial charge in [0.15, 0.2) is 6.10 Å². The third-order valence-corrected chi connectivity index (χ3v) is 3.71. The normalized spacial score (nSPS) is 16.9. The number of hydrogen-bond acceptors (Lipinski definition) is 3. The molecule has 1 heterocycles. The Morgan fingerprint density at radius 1 is 1.36 bits per heavy atom. The monoisotopic (exact) mass is 304 g/mol. The zero-order valence-electron chi connectivity index (χ0n) is 13.7. The summed E-state index contributed by atoms with van der Waals surface area (Å²) >= 11 is 0. The molecule has 1 aliphatic rings. The summed E-state index contributed by atoms with van der Waals surface area (Å²) in [6, 6.07) is 7.80. The van der Waals surface area contributed by atoms with E-state index in [0.29, 0.717) is 18.8 Å². The Balaban J connectivity index is 2.03. The van der Waals surface area contributed by atoms with Crippen LogP contribution in [0.25, 0.3) is 0 Å². The molecule has 0 aliphatic carbocycles. The lowest BCUT2D eigenvalue weighted by atomic mass is 9.87. The second-order valence-electron chi connectivity index (χ2n) is 6.65. The number of amides is 2. The number of carbonyl (C=O) groups excluding carboxylic acids is 2. The number of piperazine rings is 1. The third-order valence-electron chi connectivity index (χ3n) is 3.71.